The molecule has 2 aliphatic rings. The van der Waals surface area contributed by atoms with E-state index in [1.165, 1.54) is 25.3 Å². The number of halogens is 4. The van der Waals surface area contributed by atoms with Gasteiger partial charge in [0.05, 0.1) is 12.7 Å². The maximum atomic E-state index is 14.1. The molecule has 0 amide bonds. The van der Waals surface area contributed by atoms with Crippen LogP contribution >= 0.6 is 0 Å². The predicted octanol–water partition coefficient (Wildman–Crippen LogP) is 5.71. The molecular weight excluding hydrogens is 372 g/mol. The Bertz CT molecular complexity index is 989. The molecule has 0 bridgehead atoms. The Morgan fingerprint density at radius 3 is 1.96 bits per heavy atom. The first kappa shape index (κ1) is 18.7. The van der Waals surface area contributed by atoms with E-state index in [2.05, 4.69) is 0 Å². The van der Waals surface area contributed by atoms with E-state index in [1.807, 2.05) is 0 Å². The van der Waals surface area contributed by atoms with Gasteiger partial charge in [-0.3, -0.25) is 0 Å². The zero-order valence-electron chi connectivity index (χ0n) is 15.2. The number of benzene rings is 2. The molecule has 0 radical (unpaired) electrons. The second kappa shape index (κ2) is 7.08. The van der Waals surface area contributed by atoms with Gasteiger partial charge in [-0.05, 0) is 90.1 Å². The van der Waals surface area contributed by atoms with Crippen LogP contribution in [0.2, 0.25) is 0 Å². The van der Waals surface area contributed by atoms with Gasteiger partial charge >= 0.3 is 5.97 Å². The molecule has 2 fully saturated rings. The largest absolute Gasteiger partial charge is 0.465 e. The first-order chi connectivity index (χ1) is 13.4. The van der Waals surface area contributed by atoms with Gasteiger partial charge in [0.15, 0.2) is 23.3 Å². The molecule has 0 saturated heterocycles. The van der Waals surface area contributed by atoms with E-state index in [9.17, 15) is 22.4 Å². The van der Waals surface area contributed by atoms with Crippen molar-refractivity contribution < 1.29 is 27.1 Å². The maximum Gasteiger partial charge on any atom is 0.338 e. The molecule has 0 N–H and O–H groups in total. The lowest BCUT2D eigenvalue weighted by Crippen LogP contribution is -2.06. The van der Waals surface area contributed by atoms with Gasteiger partial charge in [-0.2, -0.15) is 0 Å². The van der Waals surface area contributed by atoms with Crippen molar-refractivity contribution in [1.82, 2.24) is 0 Å². The second-order valence-electron chi connectivity index (χ2n) is 7.37. The summed E-state index contributed by atoms with van der Waals surface area (Å²) < 4.78 is 61.0. The molecule has 0 aliphatic heterocycles. The van der Waals surface area contributed by atoms with E-state index in [1.54, 1.807) is 0 Å². The number of carbonyl (C=O) groups excluding carboxylic acids is 1. The minimum Gasteiger partial charge on any atom is -0.465 e. The zero-order valence-corrected chi connectivity index (χ0v) is 15.2. The summed E-state index contributed by atoms with van der Waals surface area (Å²) in [5.74, 6) is -4.75. The molecule has 0 unspecified atom stereocenters. The van der Waals surface area contributed by atoms with Crippen LogP contribution in [0.1, 0.15) is 59.8 Å². The fourth-order valence-corrected chi connectivity index (χ4v) is 3.40. The van der Waals surface area contributed by atoms with Crippen molar-refractivity contribution in [3.8, 4) is 0 Å². The standard InChI is InChI=1S/C22H18F4O2/c1-28-22(27)17(14-9-16(13-4-5-13)21(26)19(24)10-14)7-11-6-15(12-2-3-12)20(25)18(23)8-11/h6-10,12-13H,2-5H2,1H3. The van der Waals surface area contributed by atoms with Crippen molar-refractivity contribution in [2.75, 3.05) is 7.11 Å². The number of ether oxygens (including phenoxy) is 1. The first-order valence-electron chi connectivity index (χ1n) is 9.17. The van der Waals surface area contributed by atoms with Gasteiger partial charge in [-0.1, -0.05) is 0 Å². The lowest BCUT2D eigenvalue weighted by molar-refractivity contribution is -0.133. The number of esters is 1. The minimum atomic E-state index is -1.06. The molecular formula is C22H18F4O2. The molecule has 0 aromatic heterocycles. The zero-order chi connectivity index (χ0) is 20.0. The minimum absolute atomic E-state index is 0.0332. The fraction of sp³-hybridized carbons (Fsp3) is 0.318. The summed E-state index contributed by atoms with van der Waals surface area (Å²) in [5, 5.41) is 0. The van der Waals surface area contributed by atoms with Crippen LogP contribution in [0.4, 0.5) is 17.6 Å². The van der Waals surface area contributed by atoms with E-state index in [-0.39, 0.29) is 39.7 Å². The molecule has 6 heteroatoms. The number of methoxy groups -OCH3 is 1. The average molecular weight is 390 g/mol. The molecule has 0 atom stereocenters. The molecule has 28 heavy (non-hydrogen) atoms. The molecule has 2 nitrogen and oxygen atoms in total. The van der Waals surface area contributed by atoms with Crippen LogP contribution in [0, 0.1) is 23.3 Å². The second-order valence-corrected chi connectivity index (χ2v) is 7.37. The van der Waals surface area contributed by atoms with E-state index >= 15 is 0 Å². The third-order valence-electron chi connectivity index (χ3n) is 5.20. The van der Waals surface area contributed by atoms with E-state index < -0.39 is 29.2 Å². The molecule has 2 saturated carbocycles. The summed E-state index contributed by atoms with van der Waals surface area (Å²) in [4.78, 5) is 12.3. The van der Waals surface area contributed by atoms with Crippen LogP contribution in [-0.2, 0) is 9.53 Å². The number of hydrogen-bond acceptors (Lipinski definition) is 2. The van der Waals surface area contributed by atoms with Crippen molar-refractivity contribution in [3.05, 3.63) is 69.8 Å². The Morgan fingerprint density at radius 2 is 1.43 bits per heavy atom. The third-order valence-corrected chi connectivity index (χ3v) is 5.20. The maximum absolute atomic E-state index is 14.1. The third kappa shape index (κ3) is 3.55. The molecule has 0 heterocycles. The lowest BCUT2D eigenvalue weighted by Gasteiger charge is -2.11. The van der Waals surface area contributed by atoms with Gasteiger partial charge in [0, 0.05) is 0 Å². The summed E-state index contributed by atoms with van der Waals surface area (Å²) in [6.45, 7) is 0. The molecule has 0 spiro atoms. The number of hydrogen-bond donors (Lipinski definition) is 0. The summed E-state index contributed by atoms with van der Waals surface area (Å²) in [5.41, 5.74) is 0.841. The Morgan fingerprint density at radius 1 is 0.893 bits per heavy atom. The monoisotopic (exact) mass is 390 g/mol. The SMILES string of the molecule is COC(=O)C(=Cc1cc(F)c(F)c(C2CC2)c1)c1cc(F)c(F)c(C2CC2)c1. The van der Waals surface area contributed by atoms with Crippen LogP contribution in [-0.4, -0.2) is 13.1 Å². The summed E-state index contributed by atoms with van der Waals surface area (Å²) in [6.07, 6.45) is 4.39. The van der Waals surface area contributed by atoms with Crippen LogP contribution in [0.25, 0.3) is 11.6 Å². The van der Waals surface area contributed by atoms with Gasteiger partial charge < -0.3 is 4.74 Å². The van der Waals surface area contributed by atoms with Crippen LogP contribution in [0.3, 0.4) is 0 Å². The Hall–Kier alpha value is -2.63. The highest BCUT2D eigenvalue weighted by molar-refractivity contribution is 6.21. The van der Waals surface area contributed by atoms with Crippen LogP contribution in [0.5, 0.6) is 0 Å². The Labute approximate surface area is 159 Å². The quantitative estimate of drug-likeness (QED) is 0.283. The summed E-state index contributed by atoms with van der Waals surface area (Å²) >= 11 is 0. The highest BCUT2D eigenvalue weighted by Gasteiger charge is 2.30. The topological polar surface area (TPSA) is 26.3 Å². The van der Waals surface area contributed by atoms with Crippen molar-refractivity contribution in [1.29, 1.82) is 0 Å². The van der Waals surface area contributed by atoms with E-state index in [0.717, 1.165) is 37.8 Å². The normalized spacial score (nSPS) is 17.0. The van der Waals surface area contributed by atoms with Crippen LogP contribution in [0.15, 0.2) is 24.3 Å². The van der Waals surface area contributed by atoms with Crippen molar-refractivity contribution in [3.63, 3.8) is 0 Å². The van der Waals surface area contributed by atoms with Crippen molar-refractivity contribution in [2.24, 2.45) is 0 Å². The van der Waals surface area contributed by atoms with Crippen molar-refractivity contribution in [2.45, 2.75) is 37.5 Å². The first-order valence-corrected chi connectivity index (χ1v) is 9.17. The Balaban J connectivity index is 1.83. The molecule has 2 aromatic carbocycles. The van der Waals surface area contributed by atoms with Gasteiger partial charge in [0.1, 0.15) is 0 Å². The molecule has 4 rings (SSSR count). The summed E-state index contributed by atoms with van der Waals surface area (Å²) in [7, 11) is 1.17. The van der Waals surface area contributed by atoms with Gasteiger partial charge in [-0.15, -0.1) is 0 Å². The highest BCUT2D eigenvalue weighted by Crippen LogP contribution is 2.44. The number of carbonyl (C=O) groups is 1. The lowest BCUT2D eigenvalue weighted by atomic mass is 9.97. The van der Waals surface area contributed by atoms with Gasteiger partial charge in [0.25, 0.3) is 0 Å². The Kier molecular flexibility index (Phi) is 4.73. The van der Waals surface area contributed by atoms with Gasteiger partial charge in [0.2, 0.25) is 0 Å². The number of rotatable bonds is 5. The molecule has 2 aromatic rings. The smallest absolute Gasteiger partial charge is 0.338 e. The predicted molar refractivity (Wildman–Crippen MR) is 96.6 cm³/mol. The fourth-order valence-electron chi connectivity index (χ4n) is 3.40. The summed E-state index contributed by atoms with van der Waals surface area (Å²) in [6, 6.07) is 4.82. The van der Waals surface area contributed by atoms with E-state index in [0.29, 0.717) is 0 Å². The van der Waals surface area contributed by atoms with Crippen LogP contribution < -0.4 is 0 Å². The molecule has 2 aliphatic carbocycles. The highest BCUT2D eigenvalue weighted by atomic mass is 19.2. The van der Waals surface area contributed by atoms with E-state index in [4.69, 9.17) is 4.74 Å². The van der Waals surface area contributed by atoms with Crippen molar-refractivity contribution >= 4 is 17.6 Å². The molecule has 146 valence electrons. The average Bonchev–Trinajstić information content (AvgIpc) is 3.55. The van der Waals surface area contributed by atoms with Gasteiger partial charge in [-0.25, -0.2) is 22.4 Å².